The van der Waals surface area contributed by atoms with Crippen LogP contribution in [0, 0.1) is 6.92 Å². The van der Waals surface area contributed by atoms with Crippen molar-refractivity contribution in [2.45, 2.75) is 20.4 Å². The molecule has 0 atom stereocenters. The minimum atomic E-state index is 1.25. The van der Waals surface area contributed by atoms with Crippen LogP contribution in [0.5, 0.6) is 0 Å². The summed E-state index contributed by atoms with van der Waals surface area (Å²) in [6.07, 6.45) is 0. The molecule has 18 heavy (non-hydrogen) atoms. The second-order valence-electron chi connectivity index (χ2n) is 6.48. The third-order valence-corrected chi connectivity index (χ3v) is 5.46. The average Bonchev–Trinajstić information content (AvgIpc) is 2.43. The Morgan fingerprint density at radius 3 is 1.83 bits per heavy atom. The van der Waals surface area contributed by atoms with E-state index < -0.39 is 0 Å². The molecule has 0 radical (unpaired) electrons. The fourth-order valence-corrected chi connectivity index (χ4v) is 3.74. The van der Waals surface area contributed by atoms with Crippen molar-refractivity contribution in [1.29, 1.82) is 0 Å². The van der Waals surface area contributed by atoms with Crippen LogP contribution in [0.15, 0.2) is 24.3 Å². The predicted octanol–water partition coefficient (Wildman–Crippen LogP) is 2.18. The van der Waals surface area contributed by atoms with E-state index in [0.29, 0.717) is 0 Å². The number of aryl methyl sites for hydroxylation is 1. The number of hydrogen-bond acceptors (Lipinski definition) is 0. The molecule has 1 aromatic rings. The van der Waals surface area contributed by atoms with Crippen LogP contribution < -0.4 is 0 Å². The van der Waals surface area contributed by atoms with Gasteiger partial charge in [-0.2, -0.15) is 0 Å². The van der Waals surface area contributed by atoms with Gasteiger partial charge in [-0.3, -0.25) is 0 Å². The summed E-state index contributed by atoms with van der Waals surface area (Å²) in [6.45, 7) is 15.5. The highest BCUT2D eigenvalue weighted by atomic mass is 15.5. The zero-order chi connectivity index (χ0) is 12.6. The summed E-state index contributed by atoms with van der Waals surface area (Å²) in [5.41, 5.74) is 2.90. The van der Waals surface area contributed by atoms with Crippen molar-refractivity contribution in [2.24, 2.45) is 0 Å². The molecule has 2 heteroatoms. The quantitative estimate of drug-likeness (QED) is 0.717. The van der Waals surface area contributed by atoms with Crippen LogP contribution in [-0.2, 0) is 6.54 Å². The number of likely N-dealkylation sites (N-methyl/N-ethyl adjacent to an activating group) is 1. The molecule has 3 saturated heterocycles. The van der Waals surface area contributed by atoms with Gasteiger partial charge in [0, 0.05) is 5.56 Å². The van der Waals surface area contributed by atoms with Gasteiger partial charge in [-0.05, 0) is 13.8 Å². The molecule has 3 aliphatic rings. The molecule has 0 spiro atoms. The van der Waals surface area contributed by atoms with Crippen LogP contribution in [0.1, 0.15) is 18.1 Å². The Bertz CT molecular complexity index is 397. The van der Waals surface area contributed by atoms with Gasteiger partial charge in [-0.15, -0.1) is 0 Å². The molecule has 0 N–H and O–H groups in total. The Labute approximate surface area is 111 Å². The number of quaternary nitrogens is 2. The van der Waals surface area contributed by atoms with Crippen molar-refractivity contribution in [1.82, 2.24) is 0 Å². The maximum atomic E-state index is 2.37. The van der Waals surface area contributed by atoms with Crippen LogP contribution in [0.2, 0.25) is 0 Å². The first-order valence-electron chi connectivity index (χ1n) is 7.41. The molecule has 3 aliphatic heterocycles. The van der Waals surface area contributed by atoms with Crippen LogP contribution >= 0.6 is 0 Å². The first kappa shape index (κ1) is 12.2. The van der Waals surface area contributed by atoms with Crippen molar-refractivity contribution in [3.05, 3.63) is 35.4 Å². The molecule has 3 fully saturated rings. The first-order valence-corrected chi connectivity index (χ1v) is 7.41. The van der Waals surface area contributed by atoms with Gasteiger partial charge in [-0.25, -0.2) is 0 Å². The summed E-state index contributed by atoms with van der Waals surface area (Å²) in [5.74, 6) is 0. The molecule has 4 rings (SSSR count). The van der Waals surface area contributed by atoms with Gasteiger partial charge in [0.05, 0.1) is 6.54 Å². The molecule has 3 heterocycles. The third kappa shape index (κ3) is 2.08. The van der Waals surface area contributed by atoms with E-state index in [1.165, 1.54) is 72.5 Å². The molecule has 0 aromatic heterocycles. The number of piperazine rings is 3. The second-order valence-corrected chi connectivity index (χ2v) is 6.48. The summed E-state index contributed by atoms with van der Waals surface area (Å²) < 4.78 is 2.75. The average molecular weight is 246 g/mol. The maximum Gasteiger partial charge on any atom is 0.129 e. The SMILES string of the molecule is CC[N+]12CC[N+](Cc3ccc(C)cc3)(CC1)CC2. The Morgan fingerprint density at radius 1 is 0.833 bits per heavy atom. The fourth-order valence-electron chi connectivity index (χ4n) is 3.74. The molecule has 2 nitrogen and oxygen atoms in total. The van der Waals surface area contributed by atoms with Gasteiger partial charge in [0.15, 0.2) is 0 Å². The van der Waals surface area contributed by atoms with Crippen LogP contribution in [0.4, 0.5) is 0 Å². The summed E-state index contributed by atoms with van der Waals surface area (Å²) in [5, 5.41) is 0. The van der Waals surface area contributed by atoms with Crippen molar-refractivity contribution in [3.8, 4) is 0 Å². The van der Waals surface area contributed by atoms with E-state index in [0.717, 1.165) is 0 Å². The van der Waals surface area contributed by atoms with Gasteiger partial charge >= 0.3 is 0 Å². The van der Waals surface area contributed by atoms with Crippen LogP contribution in [-0.4, -0.2) is 54.8 Å². The van der Waals surface area contributed by atoms with Crippen LogP contribution in [0.25, 0.3) is 0 Å². The van der Waals surface area contributed by atoms with Gasteiger partial charge in [-0.1, -0.05) is 29.8 Å². The van der Waals surface area contributed by atoms with Gasteiger partial charge in [0.2, 0.25) is 0 Å². The Kier molecular flexibility index (Phi) is 2.95. The Balaban J connectivity index is 1.72. The van der Waals surface area contributed by atoms with E-state index in [9.17, 15) is 0 Å². The minimum absolute atomic E-state index is 1.25. The molecule has 0 amide bonds. The van der Waals surface area contributed by atoms with E-state index in [1.54, 1.807) is 0 Å². The van der Waals surface area contributed by atoms with Crippen molar-refractivity contribution < 1.29 is 8.97 Å². The van der Waals surface area contributed by atoms with E-state index in [1.807, 2.05) is 0 Å². The second kappa shape index (κ2) is 4.36. The topological polar surface area (TPSA) is 0 Å². The third-order valence-electron chi connectivity index (χ3n) is 5.46. The number of nitrogens with zero attached hydrogens (tertiary/aromatic N) is 2. The predicted molar refractivity (Wildman–Crippen MR) is 75.1 cm³/mol. The summed E-state index contributed by atoms with van der Waals surface area (Å²) in [7, 11) is 0. The number of benzene rings is 1. The summed E-state index contributed by atoms with van der Waals surface area (Å²) in [4.78, 5) is 0. The van der Waals surface area contributed by atoms with Gasteiger partial charge in [0.1, 0.15) is 45.8 Å². The zero-order valence-corrected chi connectivity index (χ0v) is 11.9. The van der Waals surface area contributed by atoms with E-state index >= 15 is 0 Å². The number of hydrogen-bond donors (Lipinski definition) is 0. The monoisotopic (exact) mass is 246 g/mol. The maximum absolute atomic E-state index is 2.37. The molecule has 2 bridgehead atoms. The Morgan fingerprint density at radius 2 is 1.33 bits per heavy atom. The lowest BCUT2D eigenvalue weighted by atomic mass is 10.0. The first-order chi connectivity index (χ1) is 8.65. The van der Waals surface area contributed by atoms with Crippen molar-refractivity contribution in [2.75, 3.05) is 45.8 Å². The van der Waals surface area contributed by atoms with E-state index in [-0.39, 0.29) is 0 Å². The highest BCUT2D eigenvalue weighted by Gasteiger charge is 2.47. The Hall–Kier alpha value is -0.860. The van der Waals surface area contributed by atoms with E-state index in [4.69, 9.17) is 0 Å². The highest BCUT2D eigenvalue weighted by molar-refractivity contribution is 5.20. The molecular weight excluding hydrogens is 220 g/mol. The van der Waals surface area contributed by atoms with Gasteiger partial charge < -0.3 is 8.97 Å². The zero-order valence-electron chi connectivity index (χ0n) is 11.9. The minimum Gasteiger partial charge on any atom is -0.310 e. The molecule has 1 aromatic carbocycles. The lowest BCUT2D eigenvalue weighted by Gasteiger charge is -2.55. The molecule has 0 unspecified atom stereocenters. The fraction of sp³-hybridized carbons (Fsp3) is 0.625. The normalized spacial score (nSPS) is 34.8. The smallest absolute Gasteiger partial charge is 0.129 e. The molecule has 98 valence electrons. The summed E-state index contributed by atoms with van der Waals surface area (Å²) >= 11 is 0. The molecular formula is C16H26N2+2. The lowest BCUT2D eigenvalue weighted by molar-refractivity contribution is -1.09. The molecule has 0 saturated carbocycles. The van der Waals surface area contributed by atoms with Crippen molar-refractivity contribution in [3.63, 3.8) is 0 Å². The highest BCUT2D eigenvalue weighted by Crippen LogP contribution is 2.28. The lowest BCUT2D eigenvalue weighted by Crippen LogP contribution is -2.74. The number of rotatable bonds is 3. The summed E-state index contributed by atoms with van der Waals surface area (Å²) in [6, 6.07) is 9.17. The van der Waals surface area contributed by atoms with Crippen molar-refractivity contribution >= 4 is 0 Å². The largest absolute Gasteiger partial charge is 0.310 e. The standard InChI is InChI=1S/C16H26N2/c1-3-17-8-11-18(12-9-17,13-10-17)14-16-6-4-15(2)5-7-16/h4-7H,3,8-14H2,1-2H3/q+2. The van der Waals surface area contributed by atoms with Crippen LogP contribution in [0.3, 0.4) is 0 Å². The van der Waals surface area contributed by atoms with E-state index in [2.05, 4.69) is 38.1 Å². The molecule has 0 aliphatic carbocycles. The van der Waals surface area contributed by atoms with Gasteiger partial charge in [0.25, 0.3) is 0 Å². The number of fused-ring (bicyclic) bond motifs is 3.